The van der Waals surface area contributed by atoms with Crippen molar-refractivity contribution in [1.29, 1.82) is 5.41 Å². The van der Waals surface area contributed by atoms with Gasteiger partial charge in [-0.3, -0.25) is 29.4 Å². The van der Waals surface area contributed by atoms with Crippen molar-refractivity contribution in [2.45, 2.75) is 94.4 Å². The molecule has 1 unspecified atom stereocenters. The predicted molar refractivity (Wildman–Crippen MR) is 175 cm³/mol. The summed E-state index contributed by atoms with van der Waals surface area (Å²) in [6.45, 7) is 0.294. The zero-order chi connectivity index (χ0) is 33.8. The first kappa shape index (κ1) is 34.9. The van der Waals surface area contributed by atoms with E-state index in [0.29, 0.717) is 51.5 Å². The van der Waals surface area contributed by atoms with Crippen LogP contribution in [0.4, 0.5) is 0 Å². The lowest BCUT2D eigenvalue weighted by Gasteiger charge is -2.38. The van der Waals surface area contributed by atoms with Crippen LogP contribution < -0.4 is 27.0 Å². The van der Waals surface area contributed by atoms with Crippen molar-refractivity contribution in [2.24, 2.45) is 5.73 Å². The van der Waals surface area contributed by atoms with Gasteiger partial charge in [-0.2, -0.15) is 0 Å². The largest absolute Gasteiger partial charge is 0.481 e. The van der Waals surface area contributed by atoms with Crippen molar-refractivity contribution in [1.82, 2.24) is 26.2 Å². The average Bonchev–Trinajstić information content (AvgIpc) is 3.48. The number of rotatable bonds is 16. The van der Waals surface area contributed by atoms with E-state index in [1.54, 1.807) is 4.90 Å². The molecule has 0 bridgehead atoms. The average molecular weight is 648 g/mol. The number of nitrogens with one attached hydrogen (secondary N) is 5. The molecular weight excluding hydrogens is 602 g/mol. The molecule has 2 saturated heterocycles. The Bertz CT molecular complexity index is 1410. The number of amides is 4. The summed E-state index contributed by atoms with van der Waals surface area (Å²) >= 11 is 0. The van der Waals surface area contributed by atoms with Gasteiger partial charge in [0.15, 0.2) is 5.96 Å². The van der Waals surface area contributed by atoms with E-state index in [1.165, 1.54) is 0 Å². The molecule has 47 heavy (non-hydrogen) atoms. The summed E-state index contributed by atoms with van der Waals surface area (Å²) < 4.78 is 0. The number of guanidine groups is 1. The zero-order valence-electron chi connectivity index (χ0n) is 26.5. The van der Waals surface area contributed by atoms with E-state index in [1.807, 2.05) is 60.7 Å². The van der Waals surface area contributed by atoms with Crippen molar-refractivity contribution < 1.29 is 29.1 Å². The molecule has 2 aliphatic heterocycles. The first-order valence-corrected chi connectivity index (χ1v) is 16.2. The fourth-order valence-corrected chi connectivity index (χ4v) is 6.37. The third kappa shape index (κ3) is 10.5. The van der Waals surface area contributed by atoms with Crippen LogP contribution in [0, 0.1) is 5.41 Å². The maximum atomic E-state index is 13.7. The van der Waals surface area contributed by atoms with Crippen LogP contribution in [-0.2, 0) is 36.8 Å². The maximum absolute atomic E-state index is 13.7. The molecule has 0 radical (unpaired) electrons. The molecule has 0 saturated carbocycles. The Morgan fingerprint density at radius 2 is 1.57 bits per heavy atom. The summed E-state index contributed by atoms with van der Waals surface area (Å²) in [6.07, 6.45) is 3.56. The van der Waals surface area contributed by atoms with Crippen LogP contribution in [0.5, 0.6) is 0 Å². The molecule has 0 aromatic heterocycles. The second-order valence-electron chi connectivity index (χ2n) is 12.2. The molecule has 2 aliphatic rings. The Morgan fingerprint density at radius 3 is 2.23 bits per heavy atom. The Morgan fingerprint density at radius 1 is 0.915 bits per heavy atom. The summed E-state index contributed by atoms with van der Waals surface area (Å²) in [5.41, 5.74) is 7.22. The number of nitrogens with two attached hydrogens (primary N) is 1. The quantitative estimate of drug-likeness (QED) is 0.0799. The molecule has 13 heteroatoms. The number of hydrogen-bond donors (Lipinski definition) is 7. The molecule has 2 heterocycles. The standard InChI is InChI=1S/C34H45N7O6/c35-34(36)37-19-7-12-26(31(45)38-24(21-30(43)44)14-13-22-8-3-1-4-9-22)40-32(46)28-18-16-25-15-17-27(33(47)41(25)28)39-29(42)20-23-10-5-2-6-11-23/h1-6,8-11,24-28H,7,12-21H2,(H,38,45)(H,39,42)(H,40,46)(H,43,44)(H4,35,36,37)/t24-,25-,26+,27?,28+/m1/s1. The van der Waals surface area contributed by atoms with Gasteiger partial charge in [0.2, 0.25) is 23.6 Å². The van der Waals surface area contributed by atoms with Crippen molar-refractivity contribution in [2.75, 3.05) is 6.54 Å². The van der Waals surface area contributed by atoms with E-state index in [4.69, 9.17) is 11.1 Å². The Balaban J connectivity index is 1.41. The van der Waals surface area contributed by atoms with Crippen LogP contribution in [0.2, 0.25) is 0 Å². The van der Waals surface area contributed by atoms with E-state index in [9.17, 15) is 29.1 Å². The van der Waals surface area contributed by atoms with E-state index >= 15 is 0 Å². The molecular formula is C34H45N7O6. The molecule has 8 N–H and O–H groups in total. The van der Waals surface area contributed by atoms with Crippen molar-refractivity contribution >= 4 is 35.6 Å². The summed E-state index contributed by atoms with van der Waals surface area (Å²) in [5, 5.41) is 28.1. The van der Waals surface area contributed by atoms with E-state index < -0.39 is 42.0 Å². The number of piperidine rings is 1. The molecule has 2 fully saturated rings. The minimum Gasteiger partial charge on any atom is -0.481 e. The molecule has 13 nitrogen and oxygen atoms in total. The Hall–Kier alpha value is -4.94. The van der Waals surface area contributed by atoms with E-state index in [-0.39, 0.29) is 43.1 Å². The Kier molecular flexibility index (Phi) is 12.7. The summed E-state index contributed by atoms with van der Waals surface area (Å²) in [4.78, 5) is 66.8. The van der Waals surface area contributed by atoms with Crippen LogP contribution in [0.15, 0.2) is 60.7 Å². The maximum Gasteiger partial charge on any atom is 0.305 e. The summed E-state index contributed by atoms with van der Waals surface area (Å²) in [7, 11) is 0. The van der Waals surface area contributed by atoms with Crippen LogP contribution in [0.1, 0.15) is 62.5 Å². The number of fused-ring (bicyclic) bond motifs is 1. The second kappa shape index (κ2) is 17.1. The van der Waals surface area contributed by atoms with Gasteiger partial charge in [-0.25, -0.2) is 0 Å². The molecule has 2 aromatic rings. The number of carboxylic acids is 1. The fraction of sp³-hybridized carbons (Fsp3) is 0.471. The summed E-state index contributed by atoms with van der Waals surface area (Å²) in [6, 6.07) is 15.4. The number of hydrogen-bond acceptors (Lipinski definition) is 6. The SMILES string of the molecule is N=C(N)NCCC[C@H](NC(=O)[C@@H]1CC[C@H]2CCC(NC(=O)Cc3ccccc3)C(=O)N21)C(=O)N[C@H](CCc1ccccc1)CC(=O)O. The molecule has 4 rings (SSSR count). The van der Waals surface area contributed by atoms with Crippen molar-refractivity contribution in [3.8, 4) is 0 Å². The number of nitrogens with zero attached hydrogens (tertiary/aromatic N) is 1. The first-order chi connectivity index (χ1) is 22.6. The lowest BCUT2D eigenvalue weighted by Crippen LogP contribution is -2.60. The van der Waals surface area contributed by atoms with Gasteiger partial charge in [-0.15, -0.1) is 0 Å². The van der Waals surface area contributed by atoms with Crippen LogP contribution >= 0.6 is 0 Å². The summed E-state index contributed by atoms with van der Waals surface area (Å²) in [5.74, 6) is -2.85. The van der Waals surface area contributed by atoms with Gasteiger partial charge in [0, 0.05) is 18.6 Å². The lowest BCUT2D eigenvalue weighted by atomic mass is 9.97. The third-order valence-corrected chi connectivity index (χ3v) is 8.70. The van der Waals surface area contributed by atoms with Crippen LogP contribution in [0.3, 0.4) is 0 Å². The van der Waals surface area contributed by atoms with Gasteiger partial charge in [-0.05, 0) is 62.5 Å². The van der Waals surface area contributed by atoms with Gasteiger partial charge in [-0.1, -0.05) is 60.7 Å². The van der Waals surface area contributed by atoms with Crippen LogP contribution in [-0.4, -0.2) is 82.3 Å². The first-order valence-electron chi connectivity index (χ1n) is 16.2. The lowest BCUT2D eigenvalue weighted by molar-refractivity contribution is -0.146. The number of carbonyl (C=O) groups is 5. The van der Waals surface area contributed by atoms with Gasteiger partial charge >= 0.3 is 5.97 Å². The molecule has 5 atom stereocenters. The zero-order valence-corrected chi connectivity index (χ0v) is 26.5. The monoisotopic (exact) mass is 647 g/mol. The van der Waals surface area contributed by atoms with E-state index in [2.05, 4.69) is 21.3 Å². The van der Waals surface area contributed by atoms with Gasteiger partial charge in [0.05, 0.1) is 12.8 Å². The van der Waals surface area contributed by atoms with Gasteiger partial charge in [0.25, 0.3) is 0 Å². The number of benzene rings is 2. The molecule has 0 spiro atoms. The number of aryl methyl sites for hydroxylation is 1. The minimum absolute atomic E-state index is 0.134. The molecule has 0 aliphatic carbocycles. The van der Waals surface area contributed by atoms with Crippen molar-refractivity contribution in [3.63, 3.8) is 0 Å². The smallest absolute Gasteiger partial charge is 0.305 e. The molecule has 4 amide bonds. The second-order valence-corrected chi connectivity index (χ2v) is 12.2. The number of carboxylic acid groups (broad SMARTS) is 1. The number of aliphatic carboxylic acids is 1. The highest BCUT2D eigenvalue weighted by Crippen LogP contribution is 2.33. The normalized spacial score (nSPS) is 20.0. The Labute approximate surface area is 274 Å². The fourth-order valence-electron chi connectivity index (χ4n) is 6.37. The topological polar surface area (TPSA) is 207 Å². The van der Waals surface area contributed by atoms with Gasteiger partial charge in [0.1, 0.15) is 18.1 Å². The predicted octanol–water partition coefficient (Wildman–Crippen LogP) is 1.21. The molecule has 252 valence electrons. The van der Waals surface area contributed by atoms with E-state index in [0.717, 1.165) is 11.1 Å². The highest BCUT2D eigenvalue weighted by molar-refractivity contribution is 5.95. The third-order valence-electron chi connectivity index (χ3n) is 8.70. The highest BCUT2D eigenvalue weighted by atomic mass is 16.4. The minimum atomic E-state index is -1.05. The van der Waals surface area contributed by atoms with Gasteiger partial charge < -0.3 is 37.0 Å². The van der Waals surface area contributed by atoms with Crippen molar-refractivity contribution in [3.05, 3.63) is 71.8 Å². The van der Waals surface area contributed by atoms with Crippen LogP contribution in [0.25, 0.3) is 0 Å². The highest BCUT2D eigenvalue weighted by Gasteiger charge is 2.46. The molecule has 2 aromatic carbocycles. The number of carbonyl (C=O) groups excluding carboxylic acids is 4.